The molecule has 7 nitrogen and oxygen atoms in total. The number of guanidine groups is 1. The largest absolute Gasteiger partial charge is 0.504 e. The standard InChI is InChI=1S/C22H28N4O3.HI/c1-3-23-22(25-15-17-8-11-20(29-2)19(27)13-17)24-14-16-6-9-18(10-7-16)26-12-4-5-21(26)28;/h6-11,13,27H,3-5,12,14-15H2,1-2H3,(H2,23,24,25);1H. The Balaban J connectivity index is 0.00000320. The number of phenols is 1. The maximum atomic E-state index is 11.9. The minimum absolute atomic E-state index is 0. The summed E-state index contributed by atoms with van der Waals surface area (Å²) in [6, 6.07) is 13.3. The molecule has 8 heteroatoms. The lowest BCUT2D eigenvalue weighted by Gasteiger charge is -2.16. The molecule has 1 fully saturated rings. The molecule has 0 atom stereocenters. The van der Waals surface area contributed by atoms with E-state index in [2.05, 4.69) is 15.6 Å². The van der Waals surface area contributed by atoms with Crippen LogP contribution in [0.25, 0.3) is 0 Å². The number of hydrogen-bond donors (Lipinski definition) is 3. The van der Waals surface area contributed by atoms with Crippen LogP contribution in [0.3, 0.4) is 0 Å². The van der Waals surface area contributed by atoms with Gasteiger partial charge in [0.15, 0.2) is 17.5 Å². The number of carbonyl (C=O) groups excluding carboxylic acids is 1. The van der Waals surface area contributed by atoms with Gasteiger partial charge in [0.1, 0.15) is 0 Å². The van der Waals surface area contributed by atoms with Crippen molar-refractivity contribution in [3.63, 3.8) is 0 Å². The van der Waals surface area contributed by atoms with E-state index in [1.54, 1.807) is 12.1 Å². The third kappa shape index (κ3) is 6.25. The Morgan fingerprint density at radius 3 is 2.50 bits per heavy atom. The molecule has 3 N–H and O–H groups in total. The summed E-state index contributed by atoms with van der Waals surface area (Å²) in [6.07, 6.45) is 1.56. The quantitative estimate of drug-likeness (QED) is 0.294. The zero-order chi connectivity index (χ0) is 20.6. The van der Waals surface area contributed by atoms with Crippen LogP contribution in [-0.4, -0.2) is 37.2 Å². The number of rotatable bonds is 7. The van der Waals surface area contributed by atoms with Crippen molar-refractivity contribution in [1.82, 2.24) is 10.6 Å². The molecule has 162 valence electrons. The average molecular weight is 524 g/mol. The Bertz CT molecular complexity index is 871. The average Bonchev–Trinajstić information content (AvgIpc) is 3.16. The van der Waals surface area contributed by atoms with Gasteiger partial charge in [-0.2, -0.15) is 0 Å². The fraction of sp³-hybridized carbons (Fsp3) is 0.364. The highest BCUT2D eigenvalue weighted by molar-refractivity contribution is 14.0. The van der Waals surface area contributed by atoms with Crippen LogP contribution in [0.1, 0.15) is 30.9 Å². The van der Waals surface area contributed by atoms with Gasteiger partial charge in [-0.3, -0.25) is 4.79 Å². The molecular weight excluding hydrogens is 495 g/mol. The van der Waals surface area contributed by atoms with Gasteiger partial charge in [-0.15, -0.1) is 24.0 Å². The topological polar surface area (TPSA) is 86.2 Å². The van der Waals surface area contributed by atoms with E-state index in [0.717, 1.165) is 36.3 Å². The van der Waals surface area contributed by atoms with Crippen LogP contribution in [-0.2, 0) is 17.9 Å². The second-order valence-corrected chi connectivity index (χ2v) is 6.87. The predicted octanol–water partition coefficient (Wildman–Crippen LogP) is 3.40. The maximum absolute atomic E-state index is 11.9. The zero-order valence-electron chi connectivity index (χ0n) is 17.4. The van der Waals surface area contributed by atoms with Crippen LogP contribution in [0.2, 0.25) is 0 Å². The number of ether oxygens (including phenoxy) is 1. The Kier molecular flexibility index (Phi) is 9.22. The van der Waals surface area contributed by atoms with Crippen molar-refractivity contribution in [2.24, 2.45) is 4.99 Å². The molecule has 0 unspecified atom stereocenters. The first-order chi connectivity index (χ1) is 14.1. The molecule has 1 saturated heterocycles. The highest BCUT2D eigenvalue weighted by atomic mass is 127. The summed E-state index contributed by atoms with van der Waals surface area (Å²) in [5.74, 6) is 1.44. The Labute approximate surface area is 194 Å². The number of nitrogens with one attached hydrogen (secondary N) is 2. The van der Waals surface area contributed by atoms with Crippen LogP contribution in [0, 0.1) is 0 Å². The van der Waals surface area contributed by atoms with Gasteiger partial charge in [-0.1, -0.05) is 18.2 Å². The number of benzene rings is 2. The van der Waals surface area contributed by atoms with Crippen molar-refractivity contribution in [2.75, 3.05) is 25.1 Å². The summed E-state index contributed by atoms with van der Waals surface area (Å²) in [6.45, 7) is 4.61. The molecule has 1 amide bonds. The van der Waals surface area contributed by atoms with E-state index in [9.17, 15) is 9.90 Å². The molecule has 0 radical (unpaired) electrons. The molecule has 1 aliphatic heterocycles. The highest BCUT2D eigenvalue weighted by Gasteiger charge is 2.21. The van der Waals surface area contributed by atoms with Crippen LogP contribution in [0.4, 0.5) is 5.69 Å². The Hall–Kier alpha value is -2.49. The molecule has 2 aromatic carbocycles. The number of nitrogens with zero attached hydrogens (tertiary/aromatic N) is 2. The van der Waals surface area contributed by atoms with E-state index >= 15 is 0 Å². The third-order valence-corrected chi connectivity index (χ3v) is 4.79. The van der Waals surface area contributed by atoms with Crippen molar-refractivity contribution in [1.29, 1.82) is 0 Å². The third-order valence-electron chi connectivity index (χ3n) is 4.79. The van der Waals surface area contributed by atoms with E-state index in [4.69, 9.17) is 4.74 Å². The number of carbonyl (C=O) groups is 1. The molecule has 1 heterocycles. The van der Waals surface area contributed by atoms with Gasteiger partial charge < -0.3 is 25.4 Å². The molecule has 0 spiro atoms. The second-order valence-electron chi connectivity index (χ2n) is 6.87. The van der Waals surface area contributed by atoms with Crippen LogP contribution >= 0.6 is 24.0 Å². The van der Waals surface area contributed by atoms with Crippen molar-refractivity contribution in [3.8, 4) is 11.5 Å². The van der Waals surface area contributed by atoms with Gasteiger partial charge in [-0.25, -0.2) is 4.99 Å². The normalized spacial score (nSPS) is 13.7. The first-order valence-corrected chi connectivity index (χ1v) is 9.88. The van der Waals surface area contributed by atoms with Crippen molar-refractivity contribution < 1.29 is 14.6 Å². The first kappa shape index (κ1) is 23.8. The lowest BCUT2D eigenvalue weighted by molar-refractivity contribution is -0.117. The number of aliphatic imine (C=N–C) groups is 1. The lowest BCUT2D eigenvalue weighted by atomic mass is 10.2. The second kappa shape index (κ2) is 11.6. The number of hydrogen-bond acceptors (Lipinski definition) is 4. The van der Waals surface area contributed by atoms with Crippen LogP contribution < -0.4 is 20.3 Å². The van der Waals surface area contributed by atoms with Gasteiger partial charge in [0.2, 0.25) is 5.91 Å². The number of halogens is 1. The number of anilines is 1. The SMILES string of the molecule is CCNC(=NCc1ccc(OC)c(O)c1)NCc1ccc(N2CCCC2=O)cc1.I. The van der Waals surface area contributed by atoms with Crippen molar-refractivity contribution in [2.45, 2.75) is 32.9 Å². The Morgan fingerprint density at radius 2 is 1.90 bits per heavy atom. The first-order valence-electron chi connectivity index (χ1n) is 9.88. The lowest BCUT2D eigenvalue weighted by Crippen LogP contribution is -2.36. The minimum Gasteiger partial charge on any atom is -0.504 e. The molecule has 1 aliphatic rings. The number of phenolic OH excluding ortho intramolecular Hbond substituents is 1. The number of aromatic hydroxyl groups is 1. The molecule has 3 rings (SSSR count). The minimum atomic E-state index is 0. The highest BCUT2D eigenvalue weighted by Crippen LogP contribution is 2.26. The van der Waals surface area contributed by atoms with E-state index in [-0.39, 0.29) is 35.6 Å². The summed E-state index contributed by atoms with van der Waals surface area (Å²) in [7, 11) is 1.52. The molecule has 0 bridgehead atoms. The van der Waals surface area contributed by atoms with Gasteiger partial charge in [-0.05, 0) is 48.7 Å². The summed E-state index contributed by atoms with van der Waals surface area (Å²) < 4.78 is 5.07. The van der Waals surface area contributed by atoms with Crippen LogP contribution in [0.5, 0.6) is 11.5 Å². The summed E-state index contributed by atoms with van der Waals surface area (Å²) in [4.78, 5) is 18.3. The molecular formula is C22H29IN4O3. The smallest absolute Gasteiger partial charge is 0.227 e. The van der Waals surface area contributed by atoms with Gasteiger partial charge in [0, 0.05) is 31.7 Å². The van der Waals surface area contributed by atoms with Gasteiger partial charge in [0.25, 0.3) is 0 Å². The molecule has 30 heavy (non-hydrogen) atoms. The maximum Gasteiger partial charge on any atom is 0.227 e. The zero-order valence-corrected chi connectivity index (χ0v) is 19.7. The van der Waals surface area contributed by atoms with E-state index in [1.165, 1.54) is 7.11 Å². The monoisotopic (exact) mass is 524 g/mol. The van der Waals surface area contributed by atoms with E-state index < -0.39 is 0 Å². The predicted molar refractivity (Wildman–Crippen MR) is 130 cm³/mol. The number of amides is 1. The summed E-state index contributed by atoms with van der Waals surface area (Å²) in [5, 5.41) is 16.4. The van der Waals surface area contributed by atoms with Crippen LogP contribution in [0.15, 0.2) is 47.5 Å². The van der Waals surface area contributed by atoms with Crippen molar-refractivity contribution in [3.05, 3.63) is 53.6 Å². The summed E-state index contributed by atoms with van der Waals surface area (Å²) in [5.41, 5.74) is 2.95. The van der Waals surface area contributed by atoms with Gasteiger partial charge >= 0.3 is 0 Å². The number of methoxy groups -OCH3 is 1. The van der Waals surface area contributed by atoms with E-state index in [1.807, 2.05) is 42.2 Å². The fourth-order valence-corrected chi connectivity index (χ4v) is 3.25. The van der Waals surface area contributed by atoms with E-state index in [0.29, 0.717) is 31.2 Å². The molecule has 0 aromatic heterocycles. The fourth-order valence-electron chi connectivity index (χ4n) is 3.25. The molecule has 0 aliphatic carbocycles. The molecule has 0 saturated carbocycles. The van der Waals surface area contributed by atoms with Crippen molar-refractivity contribution >= 4 is 41.5 Å². The summed E-state index contributed by atoms with van der Waals surface area (Å²) >= 11 is 0. The van der Waals surface area contributed by atoms with Gasteiger partial charge in [0.05, 0.1) is 13.7 Å². The molecule has 2 aromatic rings. The Morgan fingerprint density at radius 1 is 1.17 bits per heavy atom.